The van der Waals surface area contributed by atoms with Crippen LogP contribution in [0, 0.1) is 40.4 Å². The Balaban J connectivity index is 1.62. The second-order valence-electron chi connectivity index (χ2n) is 11.0. The number of likely N-dealkylation sites (tertiary alicyclic amines) is 1. The molecule has 1 amide bonds. The van der Waals surface area contributed by atoms with Gasteiger partial charge in [0.05, 0.1) is 6.04 Å². The van der Waals surface area contributed by atoms with E-state index in [-0.39, 0.29) is 29.3 Å². The van der Waals surface area contributed by atoms with Crippen molar-refractivity contribution in [2.75, 3.05) is 0 Å². The van der Waals surface area contributed by atoms with E-state index in [2.05, 4.69) is 20.8 Å². The lowest BCUT2D eigenvalue weighted by Gasteiger charge is -2.62. The van der Waals surface area contributed by atoms with Crippen molar-refractivity contribution in [1.29, 1.82) is 0 Å². The lowest BCUT2D eigenvalue weighted by molar-refractivity contribution is -0.165. The molecule has 4 aliphatic rings. The maximum Gasteiger partial charge on any atom is 0.223 e. The molecule has 0 aromatic rings. The number of amides is 1. The molecule has 0 aromatic heterocycles. The zero-order chi connectivity index (χ0) is 20.3. The van der Waals surface area contributed by atoms with Gasteiger partial charge in [0.15, 0.2) is 0 Å². The van der Waals surface area contributed by atoms with Gasteiger partial charge in [-0.3, -0.25) is 4.79 Å². The minimum atomic E-state index is -0.313. The maximum absolute atomic E-state index is 12.7. The van der Waals surface area contributed by atoms with Crippen LogP contribution in [0.5, 0.6) is 0 Å². The first-order valence-corrected chi connectivity index (χ1v) is 11.5. The SMILES string of the molecule is CC(C=O)C1C[C@H]2[C@@H]3CCC4N(C(C)C=O)C(=O)CC[C@]4(C)[C@@H]3CC[C@]2(C)C1. The van der Waals surface area contributed by atoms with Crippen LogP contribution >= 0.6 is 0 Å². The van der Waals surface area contributed by atoms with Gasteiger partial charge >= 0.3 is 0 Å². The Morgan fingerprint density at radius 3 is 2.46 bits per heavy atom. The third kappa shape index (κ3) is 2.81. The van der Waals surface area contributed by atoms with E-state index in [1.807, 2.05) is 11.8 Å². The molecular weight excluding hydrogens is 350 g/mol. The highest BCUT2D eigenvalue weighted by molar-refractivity contribution is 5.81. The number of aldehydes is 2. The van der Waals surface area contributed by atoms with Gasteiger partial charge in [-0.15, -0.1) is 0 Å². The molecule has 0 radical (unpaired) electrons. The number of carbonyl (C=O) groups excluding carboxylic acids is 3. The van der Waals surface area contributed by atoms with E-state index in [4.69, 9.17) is 0 Å². The van der Waals surface area contributed by atoms with E-state index in [1.165, 1.54) is 32.1 Å². The summed E-state index contributed by atoms with van der Waals surface area (Å²) in [5, 5.41) is 0. The number of nitrogens with zero attached hydrogens (tertiary/aromatic N) is 1. The van der Waals surface area contributed by atoms with Crippen molar-refractivity contribution in [3.63, 3.8) is 0 Å². The van der Waals surface area contributed by atoms with Gasteiger partial charge in [0.1, 0.15) is 12.6 Å². The Labute approximate surface area is 169 Å². The van der Waals surface area contributed by atoms with E-state index in [0.717, 1.165) is 25.4 Å². The molecule has 4 heteroatoms. The van der Waals surface area contributed by atoms with Crippen molar-refractivity contribution in [2.24, 2.45) is 40.4 Å². The average Bonchev–Trinajstić information content (AvgIpc) is 3.05. The quantitative estimate of drug-likeness (QED) is 0.677. The van der Waals surface area contributed by atoms with Crippen molar-refractivity contribution in [3.8, 4) is 0 Å². The molecule has 3 aliphatic carbocycles. The predicted molar refractivity (Wildman–Crippen MR) is 108 cm³/mol. The highest BCUT2D eigenvalue weighted by Gasteiger charge is 2.61. The molecule has 9 atom stereocenters. The molecule has 0 N–H and O–H groups in total. The summed E-state index contributed by atoms with van der Waals surface area (Å²) in [6.07, 6.45) is 10.7. The fourth-order valence-electron chi connectivity index (χ4n) is 8.13. The van der Waals surface area contributed by atoms with Gasteiger partial charge in [-0.2, -0.15) is 0 Å². The zero-order valence-electron chi connectivity index (χ0n) is 18.0. The largest absolute Gasteiger partial charge is 0.330 e. The van der Waals surface area contributed by atoms with E-state index in [1.54, 1.807) is 0 Å². The van der Waals surface area contributed by atoms with E-state index < -0.39 is 0 Å². The van der Waals surface area contributed by atoms with Gasteiger partial charge in [-0.25, -0.2) is 0 Å². The van der Waals surface area contributed by atoms with Gasteiger partial charge in [-0.05, 0) is 86.4 Å². The van der Waals surface area contributed by atoms with Crippen molar-refractivity contribution in [2.45, 2.75) is 91.1 Å². The number of piperidine rings is 1. The first kappa shape index (κ1) is 20.1. The molecule has 156 valence electrons. The Bertz CT molecular complexity index is 662. The minimum Gasteiger partial charge on any atom is -0.330 e. The van der Waals surface area contributed by atoms with Crippen LogP contribution in [-0.2, 0) is 14.4 Å². The molecule has 1 heterocycles. The maximum atomic E-state index is 12.7. The Hall–Kier alpha value is -1.19. The number of hydrogen-bond donors (Lipinski definition) is 0. The zero-order valence-corrected chi connectivity index (χ0v) is 18.0. The van der Waals surface area contributed by atoms with Crippen LogP contribution in [0.1, 0.15) is 79.1 Å². The molecule has 28 heavy (non-hydrogen) atoms. The summed E-state index contributed by atoms with van der Waals surface area (Å²) in [7, 11) is 0. The Morgan fingerprint density at radius 1 is 1.04 bits per heavy atom. The van der Waals surface area contributed by atoms with Crippen LogP contribution in [0.25, 0.3) is 0 Å². The van der Waals surface area contributed by atoms with Crippen molar-refractivity contribution in [1.82, 2.24) is 4.90 Å². The van der Waals surface area contributed by atoms with Gasteiger partial charge < -0.3 is 14.5 Å². The topological polar surface area (TPSA) is 54.5 Å². The number of carbonyl (C=O) groups is 3. The molecule has 4 rings (SSSR count). The highest BCUT2D eigenvalue weighted by Crippen LogP contribution is 2.66. The second kappa shape index (κ2) is 6.95. The molecule has 3 saturated carbocycles. The molecule has 1 saturated heterocycles. The van der Waals surface area contributed by atoms with Crippen LogP contribution in [0.3, 0.4) is 0 Å². The van der Waals surface area contributed by atoms with Gasteiger partial charge in [0.25, 0.3) is 0 Å². The number of rotatable bonds is 4. The highest BCUT2D eigenvalue weighted by atomic mass is 16.2. The molecule has 0 spiro atoms. The van der Waals surface area contributed by atoms with Crippen LogP contribution in [0.2, 0.25) is 0 Å². The smallest absolute Gasteiger partial charge is 0.223 e. The summed E-state index contributed by atoms with van der Waals surface area (Å²) < 4.78 is 0. The molecule has 0 bridgehead atoms. The first-order chi connectivity index (χ1) is 13.2. The van der Waals surface area contributed by atoms with Crippen molar-refractivity contribution < 1.29 is 14.4 Å². The summed E-state index contributed by atoms with van der Waals surface area (Å²) in [5.74, 6) is 2.95. The van der Waals surface area contributed by atoms with E-state index >= 15 is 0 Å². The molecule has 4 nitrogen and oxygen atoms in total. The standard InChI is InChI=1S/C24H37NO3/c1-15(13-26)17-11-20-18-5-6-21-24(4,19(18)7-9-23(20,3)12-17)10-8-22(28)25(21)16(2)14-27/h13-21H,5-12H2,1-4H3/t15?,16?,17?,18-,19-,20+,21?,23-,24-/m1/s1. The second-order valence-corrected chi connectivity index (χ2v) is 11.0. The summed E-state index contributed by atoms with van der Waals surface area (Å²) in [6.45, 7) is 8.86. The van der Waals surface area contributed by atoms with Crippen LogP contribution < -0.4 is 0 Å². The Kier molecular flexibility index (Phi) is 4.99. The summed E-state index contributed by atoms with van der Waals surface area (Å²) in [4.78, 5) is 37.5. The third-order valence-corrected chi connectivity index (χ3v) is 9.72. The van der Waals surface area contributed by atoms with Gasteiger partial charge in [0.2, 0.25) is 5.91 Å². The van der Waals surface area contributed by atoms with Crippen LogP contribution in [0.15, 0.2) is 0 Å². The number of fused-ring (bicyclic) bond motifs is 5. The predicted octanol–water partition coefficient (Wildman–Crippen LogP) is 4.26. The fourth-order valence-corrected chi connectivity index (χ4v) is 8.13. The Morgan fingerprint density at radius 2 is 1.79 bits per heavy atom. The van der Waals surface area contributed by atoms with E-state index in [0.29, 0.717) is 35.5 Å². The molecule has 1 aliphatic heterocycles. The summed E-state index contributed by atoms with van der Waals surface area (Å²) in [6, 6.07) is -0.0995. The third-order valence-electron chi connectivity index (χ3n) is 9.72. The van der Waals surface area contributed by atoms with Crippen molar-refractivity contribution in [3.05, 3.63) is 0 Å². The van der Waals surface area contributed by atoms with E-state index in [9.17, 15) is 14.4 Å². The molecule has 4 fully saturated rings. The van der Waals surface area contributed by atoms with Crippen LogP contribution in [-0.4, -0.2) is 35.5 Å². The van der Waals surface area contributed by atoms with Crippen LogP contribution in [0.4, 0.5) is 0 Å². The minimum absolute atomic E-state index is 0.129. The average molecular weight is 388 g/mol. The number of hydrogen-bond acceptors (Lipinski definition) is 3. The van der Waals surface area contributed by atoms with Crippen molar-refractivity contribution >= 4 is 18.5 Å². The lowest BCUT2D eigenvalue weighted by Crippen LogP contribution is -2.63. The molecule has 4 unspecified atom stereocenters. The summed E-state index contributed by atoms with van der Waals surface area (Å²) in [5.41, 5.74) is 0.510. The lowest BCUT2D eigenvalue weighted by atomic mass is 9.47. The monoisotopic (exact) mass is 387 g/mol. The van der Waals surface area contributed by atoms with Gasteiger partial charge in [-0.1, -0.05) is 20.8 Å². The normalized spacial score (nSPS) is 47.5. The van der Waals surface area contributed by atoms with Gasteiger partial charge in [0, 0.05) is 18.4 Å². The molecular formula is C24H37NO3. The first-order valence-electron chi connectivity index (χ1n) is 11.5. The molecule has 0 aromatic carbocycles. The fraction of sp³-hybridized carbons (Fsp3) is 0.875. The summed E-state index contributed by atoms with van der Waals surface area (Å²) >= 11 is 0.